The number of hydrogen-bond donors (Lipinski definition) is 2. The number of carbonyl (C=O) groups is 1. The van der Waals surface area contributed by atoms with Crippen LogP contribution in [0.5, 0.6) is 0 Å². The number of anilines is 2. The Hall–Kier alpha value is -1.83. The average molecular weight is 508 g/mol. The van der Waals surface area contributed by atoms with Gasteiger partial charge < -0.3 is 9.62 Å². The summed E-state index contributed by atoms with van der Waals surface area (Å²) in [6.45, 7) is 0.746. The summed E-state index contributed by atoms with van der Waals surface area (Å²) >= 11 is 1.60. The van der Waals surface area contributed by atoms with E-state index >= 15 is 0 Å². The van der Waals surface area contributed by atoms with Crippen molar-refractivity contribution in [3.63, 3.8) is 0 Å². The fourth-order valence-corrected chi connectivity index (χ4v) is 8.25. The van der Waals surface area contributed by atoms with Gasteiger partial charge in [-0.05, 0) is 111 Å². The van der Waals surface area contributed by atoms with Crippen LogP contribution in [0.15, 0.2) is 47.4 Å². The third-order valence-corrected chi connectivity index (χ3v) is 11.3. The SMILES string of the molecule is CSNc1ccc2c(c1)C1(CCC3(CC3)CC1)CN2C(=O)c1cccc(S(=O)NC2CC23CC3)c1. The molecule has 5 nitrogen and oxygen atoms in total. The van der Waals surface area contributed by atoms with Gasteiger partial charge in [0.15, 0.2) is 0 Å². The molecule has 0 aromatic heterocycles. The Kier molecular flexibility index (Phi) is 5.01. The Bertz CT molecular complexity index is 1230. The lowest BCUT2D eigenvalue weighted by Crippen LogP contribution is -2.40. The molecular formula is C28H33N3O2S2. The lowest BCUT2D eigenvalue weighted by Gasteiger charge is -2.38. The van der Waals surface area contributed by atoms with Crippen LogP contribution in [-0.2, 0) is 16.4 Å². The largest absolute Gasteiger partial charge is 0.330 e. The molecule has 3 spiro atoms. The van der Waals surface area contributed by atoms with Crippen molar-refractivity contribution in [2.75, 3.05) is 22.4 Å². The summed E-state index contributed by atoms with van der Waals surface area (Å²) in [6.07, 6.45) is 13.3. The van der Waals surface area contributed by atoms with Crippen molar-refractivity contribution < 1.29 is 9.00 Å². The second kappa shape index (κ2) is 7.83. The van der Waals surface area contributed by atoms with E-state index in [9.17, 15) is 9.00 Å². The maximum Gasteiger partial charge on any atom is 0.258 e. The second-order valence-corrected chi connectivity index (χ2v) is 13.6. The summed E-state index contributed by atoms with van der Waals surface area (Å²) in [5.41, 5.74) is 5.19. The molecule has 2 unspecified atom stereocenters. The minimum atomic E-state index is -1.28. The van der Waals surface area contributed by atoms with Gasteiger partial charge in [0.2, 0.25) is 0 Å². The number of amides is 1. The fraction of sp³-hybridized carbons (Fsp3) is 0.536. The van der Waals surface area contributed by atoms with Crippen LogP contribution in [0.3, 0.4) is 0 Å². The van der Waals surface area contributed by atoms with Gasteiger partial charge in [-0.15, -0.1) is 0 Å². The lowest BCUT2D eigenvalue weighted by atomic mass is 9.66. The minimum Gasteiger partial charge on any atom is -0.330 e. The number of hydrogen-bond acceptors (Lipinski definition) is 4. The molecule has 0 radical (unpaired) electrons. The van der Waals surface area contributed by atoms with Gasteiger partial charge in [-0.1, -0.05) is 18.0 Å². The highest BCUT2D eigenvalue weighted by molar-refractivity contribution is 7.99. The van der Waals surface area contributed by atoms with E-state index in [-0.39, 0.29) is 11.3 Å². The van der Waals surface area contributed by atoms with Gasteiger partial charge >= 0.3 is 0 Å². The van der Waals surface area contributed by atoms with Crippen molar-refractivity contribution in [2.45, 2.75) is 74.1 Å². The first-order chi connectivity index (χ1) is 16.9. The van der Waals surface area contributed by atoms with Gasteiger partial charge in [0.05, 0.1) is 4.90 Å². The molecule has 2 N–H and O–H groups in total. The summed E-state index contributed by atoms with van der Waals surface area (Å²) in [6, 6.07) is 14.3. The lowest BCUT2D eigenvalue weighted by molar-refractivity contribution is 0.0980. The predicted molar refractivity (Wildman–Crippen MR) is 143 cm³/mol. The third-order valence-electron chi connectivity index (χ3n) is 9.64. The summed E-state index contributed by atoms with van der Waals surface area (Å²) in [5.74, 6) is 0.0179. The number of nitrogens with one attached hydrogen (secondary N) is 2. The molecule has 2 atom stereocenters. The Balaban J connectivity index is 1.17. The Labute approximate surface area is 214 Å². The topological polar surface area (TPSA) is 61.4 Å². The molecule has 1 amide bonds. The van der Waals surface area contributed by atoms with Gasteiger partial charge in [-0.2, -0.15) is 0 Å². The van der Waals surface area contributed by atoms with Crippen LogP contribution in [0.2, 0.25) is 0 Å². The van der Waals surface area contributed by atoms with Crippen LogP contribution in [0.25, 0.3) is 0 Å². The van der Waals surface area contributed by atoms with Crippen molar-refractivity contribution in [1.29, 1.82) is 0 Å². The zero-order valence-corrected chi connectivity index (χ0v) is 21.9. The Morgan fingerprint density at radius 2 is 1.80 bits per heavy atom. The number of benzene rings is 2. The Morgan fingerprint density at radius 3 is 2.49 bits per heavy atom. The van der Waals surface area contributed by atoms with E-state index in [0.29, 0.717) is 27.3 Å². The average Bonchev–Trinajstić information content (AvgIpc) is 3.83. The highest BCUT2D eigenvalue weighted by Gasteiger charge is 2.63. The van der Waals surface area contributed by atoms with Crippen LogP contribution in [0, 0.1) is 10.8 Å². The maximum absolute atomic E-state index is 13.9. The highest BCUT2D eigenvalue weighted by atomic mass is 32.2. The third kappa shape index (κ3) is 3.77. The molecule has 7 heteroatoms. The smallest absolute Gasteiger partial charge is 0.258 e. The van der Waals surface area contributed by atoms with Crippen LogP contribution in [0.4, 0.5) is 11.4 Å². The fourth-order valence-electron chi connectivity index (χ4n) is 6.72. The van der Waals surface area contributed by atoms with Gasteiger partial charge in [0.1, 0.15) is 11.0 Å². The molecule has 184 valence electrons. The molecule has 5 aliphatic rings. The van der Waals surface area contributed by atoms with Gasteiger partial charge in [-0.3, -0.25) is 4.79 Å². The van der Waals surface area contributed by atoms with Crippen LogP contribution in [-0.4, -0.2) is 29.0 Å². The van der Waals surface area contributed by atoms with E-state index in [0.717, 1.165) is 37.2 Å². The number of nitrogens with zero attached hydrogens (tertiary/aromatic N) is 1. The number of fused-ring (bicyclic) bond motifs is 2. The van der Waals surface area contributed by atoms with E-state index in [2.05, 4.69) is 27.6 Å². The quantitative estimate of drug-likeness (QED) is 0.486. The van der Waals surface area contributed by atoms with E-state index in [1.807, 2.05) is 35.4 Å². The first kappa shape index (κ1) is 22.4. The van der Waals surface area contributed by atoms with Crippen molar-refractivity contribution in [2.24, 2.45) is 10.8 Å². The summed E-state index contributed by atoms with van der Waals surface area (Å²) in [7, 11) is -1.28. The normalized spacial score (nSPS) is 26.5. The molecule has 0 saturated heterocycles. The van der Waals surface area contributed by atoms with Gasteiger partial charge in [0.25, 0.3) is 5.91 Å². The number of rotatable bonds is 6. The molecule has 4 aliphatic carbocycles. The van der Waals surface area contributed by atoms with Crippen molar-refractivity contribution >= 4 is 40.2 Å². The second-order valence-electron chi connectivity index (χ2n) is 11.7. The van der Waals surface area contributed by atoms with Crippen LogP contribution in [0.1, 0.15) is 73.7 Å². The van der Waals surface area contributed by atoms with E-state index in [4.69, 9.17) is 0 Å². The van der Waals surface area contributed by atoms with Crippen molar-refractivity contribution in [1.82, 2.24) is 4.72 Å². The molecule has 0 bridgehead atoms. The first-order valence-corrected chi connectivity index (χ1v) is 15.4. The van der Waals surface area contributed by atoms with Gasteiger partial charge in [0, 0.05) is 41.2 Å². The predicted octanol–water partition coefficient (Wildman–Crippen LogP) is 5.79. The molecule has 4 fully saturated rings. The summed E-state index contributed by atoms with van der Waals surface area (Å²) in [4.78, 5) is 16.6. The first-order valence-electron chi connectivity index (χ1n) is 13.0. The zero-order valence-electron chi connectivity index (χ0n) is 20.3. The van der Waals surface area contributed by atoms with Crippen molar-refractivity contribution in [3.05, 3.63) is 53.6 Å². The Morgan fingerprint density at radius 1 is 1.03 bits per heavy atom. The van der Waals surface area contributed by atoms with E-state index in [1.165, 1.54) is 44.1 Å². The molecule has 2 aromatic rings. The summed E-state index contributed by atoms with van der Waals surface area (Å²) < 4.78 is 19.7. The monoisotopic (exact) mass is 507 g/mol. The standard InChI is InChI=1S/C28H33N3O2S2/c1-34-29-20-5-6-23-22(16-20)28(11-9-26(7-8-26)10-12-28)18-31(23)25(32)19-3-2-4-21(15-19)35(33)30-24-17-27(24)13-14-27/h2-6,15-16,24,29-30H,7-14,17-18H2,1H3. The summed E-state index contributed by atoms with van der Waals surface area (Å²) in [5, 5.41) is 0. The molecule has 4 saturated carbocycles. The number of carbonyl (C=O) groups excluding carboxylic acids is 1. The zero-order chi connectivity index (χ0) is 23.8. The van der Waals surface area contributed by atoms with E-state index < -0.39 is 11.0 Å². The van der Waals surface area contributed by atoms with Crippen LogP contribution < -0.4 is 14.3 Å². The molecule has 1 heterocycles. The minimum absolute atomic E-state index is 0.0179. The molecule has 7 rings (SSSR count). The van der Waals surface area contributed by atoms with Crippen molar-refractivity contribution in [3.8, 4) is 0 Å². The molecule has 35 heavy (non-hydrogen) atoms. The highest BCUT2D eigenvalue weighted by Crippen LogP contribution is 2.66. The van der Waals surface area contributed by atoms with Crippen LogP contribution >= 0.6 is 11.9 Å². The molecule has 1 aliphatic heterocycles. The molecule has 2 aromatic carbocycles. The van der Waals surface area contributed by atoms with Gasteiger partial charge in [-0.25, -0.2) is 8.93 Å². The van der Waals surface area contributed by atoms with E-state index in [1.54, 1.807) is 11.9 Å². The maximum atomic E-state index is 13.9. The molecular weight excluding hydrogens is 474 g/mol.